The molecule has 1 heterocycles. The van der Waals surface area contributed by atoms with Crippen molar-refractivity contribution in [1.82, 2.24) is 4.90 Å². The van der Waals surface area contributed by atoms with Gasteiger partial charge in [-0.3, -0.25) is 0 Å². The summed E-state index contributed by atoms with van der Waals surface area (Å²) in [4.78, 5) is 26.9. The molecular weight excluding hydrogens is 351 g/mol. The van der Waals surface area contributed by atoms with E-state index >= 15 is 0 Å². The normalized spacial score (nSPS) is 15.1. The van der Waals surface area contributed by atoms with E-state index in [2.05, 4.69) is 4.74 Å². The molecule has 1 fully saturated rings. The zero-order valence-electron chi connectivity index (χ0n) is 14.8. The molecule has 0 N–H and O–H groups in total. The quantitative estimate of drug-likeness (QED) is 0.745. The van der Waals surface area contributed by atoms with Gasteiger partial charge >= 0.3 is 12.1 Å². The largest absolute Gasteiger partial charge is 0.465 e. The summed E-state index contributed by atoms with van der Waals surface area (Å²) in [5.41, 5.74) is -0.285. The zero-order valence-corrected chi connectivity index (χ0v) is 15.5. The third-order valence-electron chi connectivity index (χ3n) is 3.69. The molecule has 0 aromatic heterocycles. The fraction of sp³-hybridized carbons (Fsp3) is 0.529. The van der Waals surface area contributed by atoms with Crippen LogP contribution in [-0.2, 0) is 9.47 Å². The number of esters is 1. The number of halogens is 2. The maximum atomic E-state index is 14.4. The van der Waals surface area contributed by atoms with Crippen molar-refractivity contribution < 1.29 is 23.5 Å². The van der Waals surface area contributed by atoms with Crippen molar-refractivity contribution in [3.05, 3.63) is 28.5 Å². The predicted molar refractivity (Wildman–Crippen MR) is 92.8 cm³/mol. The van der Waals surface area contributed by atoms with Gasteiger partial charge in [0.25, 0.3) is 0 Å². The Kier molecular flexibility index (Phi) is 5.77. The molecule has 1 saturated heterocycles. The zero-order chi connectivity index (χ0) is 18.8. The highest BCUT2D eigenvalue weighted by Crippen LogP contribution is 2.31. The fourth-order valence-corrected chi connectivity index (χ4v) is 2.87. The van der Waals surface area contributed by atoms with E-state index in [1.807, 2.05) is 0 Å². The van der Waals surface area contributed by atoms with Crippen molar-refractivity contribution in [3.8, 4) is 0 Å². The van der Waals surface area contributed by atoms with E-state index < -0.39 is 17.4 Å². The van der Waals surface area contributed by atoms with Gasteiger partial charge in [0.05, 0.1) is 23.4 Å². The lowest BCUT2D eigenvalue weighted by molar-refractivity contribution is 0.0240. The Morgan fingerprint density at radius 3 is 2.24 bits per heavy atom. The molecule has 0 spiro atoms. The third kappa shape index (κ3) is 4.75. The topological polar surface area (TPSA) is 59.1 Å². The van der Waals surface area contributed by atoms with Crippen LogP contribution in [0.1, 0.15) is 31.1 Å². The Morgan fingerprint density at radius 1 is 1.16 bits per heavy atom. The van der Waals surface area contributed by atoms with Gasteiger partial charge in [-0.25, -0.2) is 14.0 Å². The Bertz CT molecular complexity index is 644. The fourth-order valence-electron chi connectivity index (χ4n) is 2.54. The summed E-state index contributed by atoms with van der Waals surface area (Å²) in [6.45, 7) is 7.02. The van der Waals surface area contributed by atoms with E-state index in [0.717, 1.165) is 6.07 Å². The summed E-state index contributed by atoms with van der Waals surface area (Å²) in [6, 6.07) is 2.49. The van der Waals surface area contributed by atoms with Gasteiger partial charge in [0, 0.05) is 26.2 Å². The lowest BCUT2D eigenvalue weighted by atomic mass is 10.1. The van der Waals surface area contributed by atoms with Crippen LogP contribution in [0, 0.1) is 5.82 Å². The second-order valence-corrected chi connectivity index (χ2v) is 7.14. The molecule has 1 amide bonds. The van der Waals surface area contributed by atoms with Crippen molar-refractivity contribution >= 4 is 29.4 Å². The number of hydrogen-bond donors (Lipinski definition) is 0. The molecule has 138 valence electrons. The maximum absolute atomic E-state index is 14.4. The molecule has 0 radical (unpaired) electrons. The average Bonchev–Trinajstić information content (AvgIpc) is 2.52. The molecule has 25 heavy (non-hydrogen) atoms. The number of rotatable bonds is 2. The first-order valence-electron chi connectivity index (χ1n) is 7.92. The van der Waals surface area contributed by atoms with Crippen LogP contribution < -0.4 is 4.90 Å². The molecule has 1 aromatic rings. The number of methoxy groups -OCH3 is 1. The minimum atomic E-state index is -0.651. The van der Waals surface area contributed by atoms with Crippen molar-refractivity contribution in [2.75, 3.05) is 38.2 Å². The van der Waals surface area contributed by atoms with Crippen LogP contribution in [0.4, 0.5) is 14.9 Å². The summed E-state index contributed by atoms with van der Waals surface area (Å²) in [5, 5.41) is 0.131. The Hall–Kier alpha value is -2.02. The van der Waals surface area contributed by atoms with E-state index in [0.29, 0.717) is 26.2 Å². The number of nitrogens with zero attached hydrogens (tertiary/aromatic N) is 2. The number of piperazine rings is 1. The second-order valence-electron chi connectivity index (χ2n) is 6.73. The number of carbonyl (C=O) groups is 2. The van der Waals surface area contributed by atoms with Crippen LogP contribution in [0.25, 0.3) is 0 Å². The summed E-state index contributed by atoms with van der Waals surface area (Å²) in [5.74, 6) is -1.25. The van der Waals surface area contributed by atoms with Crippen LogP contribution in [-0.4, -0.2) is 55.9 Å². The van der Waals surface area contributed by atoms with E-state index in [4.69, 9.17) is 16.3 Å². The Morgan fingerprint density at radius 2 is 1.76 bits per heavy atom. The van der Waals surface area contributed by atoms with Gasteiger partial charge in [0.15, 0.2) is 0 Å². The Labute approximate surface area is 151 Å². The second kappa shape index (κ2) is 7.47. The first kappa shape index (κ1) is 19.3. The standard InChI is InChI=1S/C17H22ClFN2O4/c1-17(2,3)25-16(23)21-7-5-20(6-8-21)14-12(18)9-11(10-13(14)19)15(22)24-4/h9-10H,5-8H2,1-4H3. The summed E-state index contributed by atoms with van der Waals surface area (Å²) in [7, 11) is 1.22. The molecule has 0 unspecified atom stereocenters. The highest BCUT2D eigenvalue weighted by atomic mass is 35.5. The smallest absolute Gasteiger partial charge is 0.410 e. The van der Waals surface area contributed by atoms with Gasteiger partial charge in [-0.05, 0) is 32.9 Å². The Balaban J connectivity index is 2.08. The van der Waals surface area contributed by atoms with Crippen LogP contribution in [0.5, 0.6) is 0 Å². The minimum absolute atomic E-state index is 0.0566. The van der Waals surface area contributed by atoms with E-state index in [1.54, 1.807) is 30.6 Å². The highest BCUT2D eigenvalue weighted by Gasteiger charge is 2.28. The van der Waals surface area contributed by atoms with Gasteiger partial charge in [0.2, 0.25) is 0 Å². The van der Waals surface area contributed by atoms with E-state index in [9.17, 15) is 14.0 Å². The van der Waals surface area contributed by atoms with Crippen molar-refractivity contribution in [1.29, 1.82) is 0 Å². The van der Waals surface area contributed by atoms with Crippen molar-refractivity contribution in [2.45, 2.75) is 26.4 Å². The summed E-state index contributed by atoms with van der Waals surface area (Å²) >= 11 is 6.16. The number of hydrogen-bond acceptors (Lipinski definition) is 5. The summed E-state index contributed by atoms with van der Waals surface area (Å²) < 4.78 is 24.3. The lowest BCUT2D eigenvalue weighted by Gasteiger charge is -2.37. The van der Waals surface area contributed by atoms with Gasteiger partial charge in [-0.15, -0.1) is 0 Å². The molecule has 2 rings (SSSR count). The van der Waals surface area contributed by atoms with Crippen molar-refractivity contribution in [3.63, 3.8) is 0 Å². The molecule has 1 aromatic carbocycles. The van der Waals surface area contributed by atoms with Crippen LogP contribution in [0.15, 0.2) is 12.1 Å². The highest BCUT2D eigenvalue weighted by molar-refractivity contribution is 6.33. The molecule has 0 atom stereocenters. The van der Waals surface area contributed by atoms with Gasteiger partial charge in [0.1, 0.15) is 11.4 Å². The maximum Gasteiger partial charge on any atom is 0.410 e. The molecule has 0 bridgehead atoms. The van der Waals surface area contributed by atoms with Gasteiger partial charge in [-0.1, -0.05) is 11.6 Å². The molecule has 6 nitrogen and oxygen atoms in total. The number of anilines is 1. The van der Waals surface area contributed by atoms with Crippen LogP contribution in [0.3, 0.4) is 0 Å². The average molecular weight is 373 g/mol. The van der Waals surface area contributed by atoms with Gasteiger partial charge < -0.3 is 19.3 Å². The molecule has 0 saturated carbocycles. The third-order valence-corrected chi connectivity index (χ3v) is 3.97. The minimum Gasteiger partial charge on any atom is -0.465 e. The number of carbonyl (C=O) groups excluding carboxylic acids is 2. The van der Waals surface area contributed by atoms with Crippen molar-refractivity contribution in [2.24, 2.45) is 0 Å². The number of ether oxygens (including phenoxy) is 2. The molecular formula is C17H22ClFN2O4. The van der Waals surface area contributed by atoms with Gasteiger partial charge in [-0.2, -0.15) is 0 Å². The molecule has 1 aliphatic heterocycles. The number of benzene rings is 1. The molecule has 1 aliphatic rings. The van der Waals surface area contributed by atoms with Crippen LogP contribution in [0.2, 0.25) is 5.02 Å². The van der Waals surface area contributed by atoms with E-state index in [1.165, 1.54) is 13.2 Å². The number of amides is 1. The molecule has 8 heteroatoms. The predicted octanol–water partition coefficient (Wildman–Crippen LogP) is 3.32. The van der Waals surface area contributed by atoms with Crippen LogP contribution >= 0.6 is 11.6 Å². The summed E-state index contributed by atoms with van der Waals surface area (Å²) in [6.07, 6.45) is -0.389. The first-order chi connectivity index (χ1) is 11.6. The molecule has 0 aliphatic carbocycles. The van der Waals surface area contributed by atoms with E-state index in [-0.39, 0.29) is 22.4 Å². The monoisotopic (exact) mass is 372 g/mol. The lowest BCUT2D eigenvalue weighted by Crippen LogP contribution is -2.50. The SMILES string of the molecule is COC(=O)c1cc(F)c(N2CCN(C(=O)OC(C)(C)C)CC2)c(Cl)c1. The first-order valence-corrected chi connectivity index (χ1v) is 8.30.